The Morgan fingerprint density at radius 2 is 2.50 bits per heavy atom. The lowest BCUT2D eigenvalue weighted by atomic mass is 10.1. The Bertz CT molecular complexity index is 381. The number of hydrogen-bond donors (Lipinski definition) is 2. The second-order valence-electron chi connectivity index (χ2n) is 4.15. The molecule has 88 valence electrons. The zero-order valence-electron chi connectivity index (χ0n) is 9.32. The molecular weight excluding hydrogens is 208 g/mol. The lowest BCUT2D eigenvalue weighted by Crippen LogP contribution is -2.01. The normalized spacial score (nSPS) is 20.2. The van der Waals surface area contributed by atoms with Gasteiger partial charge in [-0.15, -0.1) is 0 Å². The second kappa shape index (κ2) is 4.65. The molecule has 1 aromatic rings. The number of H-pyrrole nitrogens is 1. The maximum Gasteiger partial charge on any atom is 0.303 e. The number of nitrogens with one attached hydrogen (secondary N) is 1. The van der Waals surface area contributed by atoms with Gasteiger partial charge in [-0.1, -0.05) is 0 Å². The van der Waals surface area contributed by atoms with Crippen LogP contribution in [0.25, 0.3) is 0 Å². The van der Waals surface area contributed by atoms with Gasteiger partial charge >= 0.3 is 5.97 Å². The van der Waals surface area contributed by atoms with Gasteiger partial charge in [0.05, 0.1) is 18.7 Å². The van der Waals surface area contributed by atoms with E-state index in [-0.39, 0.29) is 6.42 Å². The van der Waals surface area contributed by atoms with Crippen LogP contribution in [-0.2, 0) is 16.0 Å². The van der Waals surface area contributed by atoms with E-state index in [1.165, 1.54) is 0 Å². The molecule has 0 aromatic carbocycles. The van der Waals surface area contributed by atoms with E-state index in [0.717, 1.165) is 30.2 Å². The maximum absolute atomic E-state index is 10.5. The minimum atomic E-state index is -0.784. The fraction of sp³-hybridized carbons (Fsp3) is 0.636. The van der Waals surface area contributed by atoms with Crippen LogP contribution in [0.3, 0.4) is 0 Å². The highest BCUT2D eigenvalue weighted by molar-refractivity contribution is 5.67. The first-order valence-corrected chi connectivity index (χ1v) is 5.51. The molecule has 0 spiro atoms. The van der Waals surface area contributed by atoms with Gasteiger partial charge in [0.15, 0.2) is 0 Å². The van der Waals surface area contributed by atoms with Gasteiger partial charge in [-0.2, -0.15) is 0 Å². The van der Waals surface area contributed by atoms with E-state index >= 15 is 0 Å². The summed E-state index contributed by atoms with van der Waals surface area (Å²) < 4.78 is 5.30. The lowest BCUT2D eigenvalue weighted by Gasteiger charge is -2.01. The van der Waals surface area contributed by atoms with Crippen molar-refractivity contribution in [1.29, 1.82) is 0 Å². The standard InChI is InChI=1S/C11H16N2O3/c1-7-9(2-3-10(14)15)13-11(12-7)8-4-5-16-6-8/h8H,2-6H2,1H3,(H,12,13)(H,14,15). The first-order valence-electron chi connectivity index (χ1n) is 5.51. The number of hydrogen-bond acceptors (Lipinski definition) is 3. The van der Waals surface area contributed by atoms with Crippen molar-refractivity contribution in [3.63, 3.8) is 0 Å². The van der Waals surface area contributed by atoms with Crippen LogP contribution in [0.15, 0.2) is 0 Å². The zero-order valence-corrected chi connectivity index (χ0v) is 9.32. The Morgan fingerprint density at radius 3 is 3.12 bits per heavy atom. The molecule has 1 saturated heterocycles. The number of nitrogens with zero attached hydrogens (tertiary/aromatic N) is 1. The van der Waals surface area contributed by atoms with E-state index in [1.54, 1.807) is 0 Å². The molecule has 0 saturated carbocycles. The highest BCUT2D eigenvalue weighted by Crippen LogP contribution is 2.23. The van der Waals surface area contributed by atoms with Crippen molar-refractivity contribution in [3.05, 3.63) is 17.2 Å². The van der Waals surface area contributed by atoms with Crippen LogP contribution in [0, 0.1) is 6.92 Å². The molecule has 1 aliphatic rings. The molecule has 2 N–H and O–H groups in total. The van der Waals surface area contributed by atoms with Crippen molar-refractivity contribution >= 4 is 5.97 Å². The molecule has 1 aliphatic heterocycles. The van der Waals surface area contributed by atoms with Crippen molar-refractivity contribution in [1.82, 2.24) is 9.97 Å². The van der Waals surface area contributed by atoms with Crippen molar-refractivity contribution in [2.45, 2.75) is 32.1 Å². The Hall–Kier alpha value is -1.36. The third kappa shape index (κ3) is 2.41. The summed E-state index contributed by atoms with van der Waals surface area (Å²) in [4.78, 5) is 18.2. The van der Waals surface area contributed by atoms with Crippen LogP contribution >= 0.6 is 0 Å². The molecule has 5 nitrogen and oxygen atoms in total. The Morgan fingerprint density at radius 1 is 1.69 bits per heavy atom. The summed E-state index contributed by atoms with van der Waals surface area (Å²) in [6, 6.07) is 0. The summed E-state index contributed by atoms with van der Waals surface area (Å²) in [5.41, 5.74) is 1.84. The molecule has 1 fully saturated rings. The van der Waals surface area contributed by atoms with Crippen molar-refractivity contribution in [2.24, 2.45) is 0 Å². The van der Waals surface area contributed by atoms with Gasteiger partial charge in [0.1, 0.15) is 5.82 Å². The number of rotatable bonds is 4. The monoisotopic (exact) mass is 224 g/mol. The van der Waals surface area contributed by atoms with E-state index in [9.17, 15) is 4.79 Å². The molecule has 1 atom stereocenters. The Balaban J connectivity index is 2.05. The number of aryl methyl sites for hydroxylation is 2. The minimum absolute atomic E-state index is 0.131. The summed E-state index contributed by atoms with van der Waals surface area (Å²) >= 11 is 0. The average molecular weight is 224 g/mol. The fourth-order valence-electron chi connectivity index (χ4n) is 1.93. The third-order valence-electron chi connectivity index (χ3n) is 2.90. The number of carbonyl (C=O) groups is 1. The maximum atomic E-state index is 10.5. The zero-order chi connectivity index (χ0) is 11.5. The molecular formula is C11H16N2O3. The molecule has 2 heterocycles. The van der Waals surface area contributed by atoms with Crippen molar-refractivity contribution in [2.75, 3.05) is 13.2 Å². The Labute approximate surface area is 93.8 Å². The van der Waals surface area contributed by atoms with Crippen LogP contribution in [0.5, 0.6) is 0 Å². The molecule has 1 unspecified atom stereocenters. The van der Waals surface area contributed by atoms with Crippen LogP contribution in [0.4, 0.5) is 0 Å². The number of aromatic amines is 1. The topological polar surface area (TPSA) is 75.2 Å². The highest BCUT2D eigenvalue weighted by Gasteiger charge is 2.21. The summed E-state index contributed by atoms with van der Waals surface area (Å²) in [6.45, 7) is 3.43. The van der Waals surface area contributed by atoms with E-state index in [0.29, 0.717) is 18.9 Å². The molecule has 5 heteroatoms. The number of aliphatic carboxylic acids is 1. The number of aromatic nitrogens is 2. The van der Waals surface area contributed by atoms with Crippen LogP contribution in [0.2, 0.25) is 0 Å². The Kier molecular flexibility index (Phi) is 3.24. The van der Waals surface area contributed by atoms with Gasteiger partial charge in [0.2, 0.25) is 0 Å². The lowest BCUT2D eigenvalue weighted by molar-refractivity contribution is -0.136. The van der Waals surface area contributed by atoms with Crippen LogP contribution < -0.4 is 0 Å². The highest BCUT2D eigenvalue weighted by atomic mass is 16.5. The van der Waals surface area contributed by atoms with Gasteiger partial charge in [-0.05, 0) is 13.3 Å². The largest absolute Gasteiger partial charge is 0.481 e. The van der Waals surface area contributed by atoms with E-state index in [4.69, 9.17) is 9.84 Å². The fourth-order valence-corrected chi connectivity index (χ4v) is 1.93. The third-order valence-corrected chi connectivity index (χ3v) is 2.90. The second-order valence-corrected chi connectivity index (χ2v) is 4.15. The van der Waals surface area contributed by atoms with Crippen molar-refractivity contribution < 1.29 is 14.6 Å². The van der Waals surface area contributed by atoms with E-state index < -0.39 is 5.97 Å². The molecule has 0 bridgehead atoms. The molecule has 0 amide bonds. The smallest absolute Gasteiger partial charge is 0.303 e. The predicted octanol–water partition coefficient (Wildman–Crippen LogP) is 1.24. The van der Waals surface area contributed by atoms with E-state index in [2.05, 4.69) is 9.97 Å². The minimum Gasteiger partial charge on any atom is -0.481 e. The van der Waals surface area contributed by atoms with Gasteiger partial charge < -0.3 is 14.8 Å². The van der Waals surface area contributed by atoms with Gasteiger partial charge in [0.25, 0.3) is 0 Å². The number of carboxylic acid groups (broad SMARTS) is 1. The summed E-state index contributed by atoms with van der Waals surface area (Å²) in [7, 11) is 0. The molecule has 1 aromatic heterocycles. The first-order chi connectivity index (χ1) is 7.66. The number of imidazole rings is 1. The summed E-state index contributed by atoms with van der Waals surface area (Å²) in [6.07, 6.45) is 1.61. The van der Waals surface area contributed by atoms with Gasteiger partial charge in [0, 0.05) is 24.6 Å². The molecule has 16 heavy (non-hydrogen) atoms. The van der Waals surface area contributed by atoms with Crippen LogP contribution in [-0.4, -0.2) is 34.3 Å². The quantitative estimate of drug-likeness (QED) is 0.806. The van der Waals surface area contributed by atoms with Gasteiger partial charge in [-0.3, -0.25) is 4.79 Å². The summed E-state index contributed by atoms with van der Waals surface area (Å²) in [5, 5.41) is 8.63. The van der Waals surface area contributed by atoms with Crippen LogP contribution in [0.1, 0.15) is 36.0 Å². The predicted molar refractivity (Wildman–Crippen MR) is 57.5 cm³/mol. The van der Waals surface area contributed by atoms with E-state index in [1.807, 2.05) is 6.92 Å². The average Bonchev–Trinajstić information content (AvgIpc) is 2.83. The molecule has 2 rings (SSSR count). The summed E-state index contributed by atoms with van der Waals surface area (Å²) in [5.74, 6) is 0.501. The SMILES string of the molecule is Cc1[nH]c(C2CCOC2)nc1CCC(=O)O. The first kappa shape index (κ1) is 11.1. The van der Waals surface area contributed by atoms with Crippen molar-refractivity contribution in [3.8, 4) is 0 Å². The number of ether oxygens (including phenoxy) is 1. The van der Waals surface area contributed by atoms with Gasteiger partial charge in [-0.25, -0.2) is 4.98 Å². The molecule has 0 radical (unpaired) electrons. The number of carboxylic acids is 1. The molecule has 0 aliphatic carbocycles.